The van der Waals surface area contributed by atoms with Crippen LogP contribution in [-0.4, -0.2) is 14.5 Å². The Morgan fingerprint density at radius 1 is 1.25 bits per heavy atom. The van der Waals surface area contributed by atoms with Crippen molar-refractivity contribution in [3.05, 3.63) is 48.3 Å². The zero-order valence-corrected chi connectivity index (χ0v) is 11.4. The third-order valence-corrected chi connectivity index (χ3v) is 3.25. The molecule has 3 rings (SSSR count). The van der Waals surface area contributed by atoms with E-state index in [-0.39, 0.29) is 6.04 Å². The summed E-state index contributed by atoms with van der Waals surface area (Å²) in [4.78, 5) is 8.84. The standard InChI is InChI=1S/C16H14N4/c1-11(2)20-15-6-5-12(9-17)8-14(15)19-16(20)13-4-3-7-18-10-13/h3-8,10-11H,1-2H3. The first-order valence-corrected chi connectivity index (χ1v) is 6.53. The molecular formula is C16H14N4. The number of benzene rings is 1. The summed E-state index contributed by atoms with van der Waals surface area (Å²) in [6.45, 7) is 4.25. The van der Waals surface area contributed by atoms with E-state index in [0.29, 0.717) is 5.56 Å². The number of fused-ring (bicyclic) bond motifs is 1. The number of nitrogens with zero attached hydrogens (tertiary/aromatic N) is 4. The summed E-state index contributed by atoms with van der Waals surface area (Å²) < 4.78 is 2.17. The quantitative estimate of drug-likeness (QED) is 0.709. The first-order valence-electron chi connectivity index (χ1n) is 6.53. The molecule has 0 aliphatic rings. The molecule has 0 unspecified atom stereocenters. The first-order chi connectivity index (χ1) is 9.70. The fraction of sp³-hybridized carbons (Fsp3) is 0.188. The van der Waals surface area contributed by atoms with Gasteiger partial charge in [-0.2, -0.15) is 5.26 Å². The molecule has 2 aromatic heterocycles. The highest BCUT2D eigenvalue weighted by molar-refractivity contribution is 5.82. The summed E-state index contributed by atoms with van der Waals surface area (Å²) in [7, 11) is 0. The van der Waals surface area contributed by atoms with Gasteiger partial charge in [-0.05, 0) is 44.2 Å². The van der Waals surface area contributed by atoms with Gasteiger partial charge in [-0.1, -0.05) is 0 Å². The van der Waals surface area contributed by atoms with E-state index in [0.717, 1.165) is 22.4 Å². The average Bonchev–Trinajstić information content (AvgIpc) is 2.86. The molecule has 0 aliphatic carbocycles. The van der Waals surface area contributed by atoms with E-state index in [1.165, 1.54) is 0 Å². The van der Waals surface area contributed by atoms with Gasteiger partial charge >= 0.3 is 0 Å². The molecule has 0 saturated heterocycles. The molecule has 4 nitrogen and oxygen atoms in total. The van der Waals surface area contributed by atoms with Crippen molar-refractivity contribution in [2.24, 2.45) is 0 Å². The monoisotopic (exact) mass is 262 g/mol. The fourth-order valence-corrected chi connectivity index (χ4v) is 2.39. The molecule has 0 N–H and O–H groups in total. The number of hydrogen-bond donors (Lipinski definition) is 0. The van der Waals surface area contributed by atoms with Crippen LogP contribution in [0.5, 0.6) is 0 Å². The van der Waals surface area contributed by atoms with Crippen LogP contribution in [-0.2, 0) is 0 Å². The molecule has 0 amide bonds. The van der Waals surface area contributed by atoms with Gasteiger partial charge in [0.2, 0.25) is 0 Å². The van der Waals surface area contributed by atoms with E-state index in [2.05, 4.69) is 34.5 Å². The van der Waals surface area contributed by atoms with E-state index >= 15 is 0 Å². The van der Waals surface area contributed by atoms with Crippen LogP contribution in [0.4, 0.5) is 0 Å². The second kappa shape index (κ2) is 4.78. The third-order valence-electron chi connectivity index (χ3n) is 3.25. The summed E-state index contributed by atoms with van der Waals surface area (Å²) in [6.07, 6.45) is 3.56. The maximum atomic E-state index is 9.00. The molecule has 4 heteroatoms. The topological polar surface area (TPSA) is 54.5 Å². The maximum Gasteiger partial charge on any atom is 0.142 e. The lowest BCUT2D eigenvalue weighted by Crippen LogP contribution is -2.03. The molecule has 20 heavy (non-hydrogen) atoms. The highest BCUT2D eigenvalue weighted by Gasteiger charge is 2.15. The van der Waals surface area contributed by atoms with E-state index < -0.39 is 0 Å². The van der Waals surface area contributed by atoms with Crippen LogP contribution in [0.3, 0.4) is 0 Å². The summed E-state index contributed by atoms with van der Waals surface area (Å²) in [5, 5.41) is 9.00. The van der Waals surface area contributed by atoms with E-state index in [1.54, 1.807) is 6.20 Å². The first kappa shape index (κ1) is 12.4. The van der Waals surface area contributed by atoms with Crippen LogP contribution in [0.25, 0.3) is 22.4 Å². The molecule has 1 aromatic carbocycles. The van der Waals surface area contributed by atoms with Crippen LogP contribution in [0.2, 0.25) is 0 Å². The molecule has 0 atom stereocenters. The van der Waals surface area contributed by atoms with Gasteiger partial charge in [-0.25, -0.2) is 4.98 Å². The van der Waals surface area contributed by atoms with Gasteiger partial charge in [0, 0.05) is 24.0 Å². The van der Waals surface area contributed by atoms with Gasteiger partial charge in [0.25, 0.3) is 0 Å². The van der Waals surface area contributed by atoms with Gasteiger partial charge in [0.15, 0.2) is 0 Å². The van der Waals surface area contributed by atoms with Crippen molar-refractivity contribution >= 4 is 11.0 Å². The number of aromatic nitrogens is 3. The second-order valence-electron chi connectivity index (χ2n) is 4.96. The Hall–Kier alpha value is -2.67. The molecule has 0 radical (unpaired) electrons. The van der Waals surface area contributed by atoms with Crippen LogP contribution in [0, 0.1) is 11.3 Å². The lowest BCUT2D eigenvalue weighted by atomic mass is 10.2. The summed E-state index contributed by atoms with van der Waals surface area (Å²) in [5.41, 5.74) is 3.49. The van der Waals surface area contributed by atoms with E-state index in [4.69, 9.17) is 5.26 Å². The van der Waals surface area contributed by atoms with Crippen molar-refractivity contribution in [1.82, 2.24) is 14.5 Å². The van der Waals surface area contributed by atoms with Crippen molar-refractivity contribution in [3.8, 4) is 17.5 Å². The Balaban J connectivity index is 2.32. The zero-order valence-electron chi connectivity index (χ0n) is 11.4. The van der Waals surface area contributed by atoms with Gasteiger partial charge < -0.3 is 4.57 Å². The minimum Gasteiger partial charge on any atom is -0.321 e. The summed E-state index contributed by atoms with van der Waals surface area (Å²) >= 11 is 0. The Morgan fingerprint density at radius 2 is 2.10 bits per heavy atom. The minimum atomic E-state index is 0.281. The Morgan fingerprint density at radius 3 is 2.75 bits per heavy atom. The fourth-order valence-electron chi connectivity index (χ4n) is 2.39. The lowest BCUT2D eigenvalue weighted by Gasteiger charge is -2.12. The third kappa shape index (κ3) is 1.94. The SMILES string of the molecule is CC(C)n1c(-c2cccnc2)nc2cc(C#N)ccc21. The van der Waals surface area contributed by atoms with Crippen LogP contribution < -0.4 is 0 Å². The molecule has 98 valence electrons. The second-order valence-corrected chi connectivity index (χ2v) is 4.96. The Kier molecular flexibility index (Phi) is 2.96. The number of hydrogen-bond acceptors (Lipinski definition) is 3. The van der Waals surface area contributed by atoms with Crippen LogP contribution in [0.1, 0.15) is 25.5 Å². The zero-order chi connectivity index (χ0) is 14.1. The molecule has 3 aromatic rings. The van der Waals surface area contributed by atoms with Crippen molar-refractivity contribution in [2.75, 3.05) is 0 Å². The summed E-state index contributed by atoms with van der Waals surface area (Å²) in [6, 6.07) is 12.0. The van der Waals surface area contributed by atoms with E-state index in [1.807, 2.05) is 36.5 Å². The molecule has 2 heterocycles. The summed E-state index contributed by atoms with van der Waals surface area (Å²) in [5.74, 6) is 0.887. The number of imidazole rings is 1. The van der Waals surface area contributed by atoms with Crippen molar-refractivity contribution in [1.29, 1.82) is 5.26 Å². The van der Waals surface area contributed by atoms with Crippen molar-refractivity contribution in [2.45, 2.75) is 19.9 Å². The molecule has 0 spiro atoms. The highest BCUT2D eigenvalue weighted by Crippen LogP contribution is 2.28. The normalized spacial score (nSPS) is 10.9. The molecular weight excluding hydrogens is 248 g/mol. The number of nitriles is 1. The van der Waals surface area contributed by atoms with E-state index in [9.17, 15) is 0 Å². The van der Waals surface area contributed by atoms with Crippen molar-refractivity contribution < 1.29 is 0 Å². The minimum absolute atomic E-state index is 0.281. The maximum absolute atomic E-state index is 9.00. The molecule has 0 saturated carbocycles. The Bertz CT molecular complexity index is 794. The molecule has 0 fully saturated rings. The number of rotatable bonds is 2. The molecule has 0 bridgehead atoms. The van der Waals surface area contributed by atoms with Crippen molar-refractivity contribution in [3.63, 3.8) is 0 Å². The highest BCUT2D eigenvalue weighted by atomic mass is 15.1. The van der Waals surface area contributed by atoms with Gasteiger partial charge in [0.1, 0.15) is 5.82 Å². The predicted octanol–water partition coefficient (Wildman–Crippen LogP) is 3.55. The Labute approximate surface area is 117 Å². The molecule has 0 aliphatic heterocycles. The lowest BCUT2D eigenvalue weighted by molar-refractivity contribution is 0.624. The average molecular weight is 262 g/mol. The van der Waals surface area contributed by atoms with Gasteiger partial charge in [-0.3, -0.25) is 4.98 Å². The largest absolute Gasteiger partial charge is 0.321 e. The van der Waals surface area contributed by atoms with Gasteiger partial charge in [0.05, 0.1) is 22.7 Å². The predicted molar refractivity (Wildman–Crippen MR) is 78.1 cm³/mol. The van der Waals surface area contributed by atoms with Crippen LogP contribution in [0.15, 0.2) is 42.7 Å². The number of pyridine rings is 1. The van der Waals surface area contributed by atoms with Crippen LogP contribution >= 0.6 is 0 Å². The van der Waals surface area contributed by atoms with Gasteiger partial charge in [-0.15, -0.1) is 0 Å². The smallest absolute Gasteiger partial charge is 0.142 e.